The molecule has 27 heavy (non-hydrogen) atoms. The largest absolute Gasteiger partial charge is 0.222 e. The van der Waals surface area contributed by atoms with Gasteiger partial charge in [-0.1, -0.05) is 15.9 Å². The van der Waals surface area contributed by atoms with Gasteiger partial charge in [-0.3, -0.25) is 0 Å². The summed E-state index contributed by atoms with van der Waals surface area (Å²) in [5, 5.41) is 13.2. The zero-order valence-corrected chi connectivity index (χ0v) is 16.8. The Hall–Kier alpha value is -2.59. The molecule has 7 nitrogen and oxygen atoms in total. The Bertz CT molecular complexity index is 1040. The average molecular weight is 441 g/mol. The summed E-state index contributed by atoms with van der Waals surface area (Å²) < 4.78 is 3.49. The number of aromatic nitrogens is 5. The molecule has 4 aromatic rings. The van der Waals surface area contributed by atoms with Crippen molar-refractivity contribution in [2.45, 2.75) is 11.7 Å². The summed E-state index contributed by atoms with van der Waals surface area (Å²) in [4.78, 5) is 16.5. The summed E-state index contributed by atoms with van der Waals surface area (Å²) in [6.07, 6.45) is 4.63. The van der Waals surface area contributed by atoms with Crippen LogP contribution in [-0.4, -0.2) is 32.4 Å². The molecule has 0 spiro atoms. The number of halogens is 1. The topological polar surface area (TPSA) is 78.0 Å². The van der Waals surface area contributed by atoms with Crippen molar-refractivity contribution in [2.75, 3.05) is 0 Å². The van der Waals surface area contributed by atoms with E-state index in [9.17, 15) is 4.91 Å². The van der Waals surface area contributed by atoms with E-state index in [2.05, 4.69) is 39.2 Å². The molecule has 0 aliphatic heterocycles. The molecule has 134 valence electrons. The van der Waals surface area contributed by atoms with E-state index in [0.717, 1.165) is 28.1 Å². The molecule has 0 aromatic carbocycles. The van der Waals surface area contributed by atoms with Gasteiger partial charge in [0, 0.05) is 22.6 Å². The Morgan fingerprint density at radius 1 is 1.04 bits per heavy atom. The van der Waals surface area contributed by atoms with Crippen molar-refractivity contribution in [3.63, 3.8) is 0 Å². The molecule has 4 rings (SSSR count). The molecular formula is C17H14BBrN6OS. The van der Waals surface area contributed by atoms with Crippen LogP contribution in [0.25, 0.3) is 22.1 Å². The third kappa shape index (κ3) is 3.63. The Labute approximate surface area is 168 Å². The highest BCUT2D eigenvalue weighted by Gasteiger charge is 2.12. The Balaban J connectivity index is 1.85. The van der Waals surface area contributed by atoms with Gasteiger partial charge in [-0.15, -0.1) is 16.2 Å². The van der Waals surface area contributed by atoms with Crippen molar-refractivity contribution in [3.8, 4) is 22.1 Å². The van der Waals surface area contributed by atoms with E-state index in [-0.39, 0.29) is 0 Å². The smallest absolute Gasteiger partial charge is 0.161 e. The number of hydrogen-bond acceptors (Lipinski definition) is 6. The molecule has 10 heteroatoms. The number of nitroso groups, excluding NO2 is 1. The first-order chi connectivity index (χ1) is 13.2. The predicted molar refractivity (Wildman–Crippen MR) is 112 cm³/mol. The van der Waals surface area contributed by atoms with E-state index in [1.165, 1.54) is 11.3 Å². The van der Waals surface area contributed by atoms with Crippen molar-refractivity contribution in [2.24, 2.45) is 5.18 Å². The molecule has 0 unspecified atom stereocenters. The second-order valence-corrected chi connectivity index (χ2v) is 7.41. The fraction of sp³-hybridized carbons (Fsp3) is 0.118. The second kappa shape index (κ2) is 7.57. The monoisotopic (exact) mass is 440 g/mol. The van der Waals surface area contributed by atoms with E-state index in [4.69, 9.17) is 4.98 Å². The first-order valence-corrected chi connectivity index (χ1v) is 10.3. The minimum Gasteiger partial charge on any atom is -0.222 e. The number of hydrogen-bond donors (Lipinski definition) is 0. The average Bonchev–Trinajstić information content (AvgIpc) is 3.47. The van der Waals surface area contributed by atoms with Crippen molar-refractivity contribution in [3.05, 3.63) is 65.1 Å². The Morgan fingerprint density at radius 3 is 2.22 bits per heavy atom. The van der Waals surface area contributed by atoms with Crippen LogP contribution in [0.5, 0.6) is 0 Å². The lowest BCUT2D eigenvalue weighted by atomic mass is 10.0. The summed E-state index contributed by atoms with van der Waals surface area (Å²) in [5.41, 5.74) is 2.84. The van der Waals surface area contributed by atoms with Crippen LogP contribution in [0.3, 0.4) is 0 Å². The van der Waals surface area contributed by atoms with Crippen molar-refractivity contribution >= 4 is 40.1 Å². The van der Waals surface area contributed by atoms with E-state index >= 15 is 0 Å². The Morgan fingerprint density at radius 2 is 1.70 bits per heavy atom. The van der Waals surface area contributed by atoms with Gasteiger partial charge in [-0.05, 0) is 53.5 Å². The normalized spacial score (nSPS) is 11.0. The van der Waals surface area contributed by atoms with Gasteiger partial charge in [0.15, 0.2) is 16.6 Å². The number of alkyl halides is 1. The predicted octanol–water partition coefficient (Wildman–Crippen LogP) is 3.61. The van der Waals surface area contributed by atoms with Gasteiger partial charge in [-0.25, -0.2) is 14.3 Å². The lowest BCUT2D eigenvalue weighted by Gasteiger charge is -2.08. The molecule has 0 saturated carbocycles. The molecule has 0 N–H and O–H groups in total. The molecule has 0 saturated heterocycles. The molecule has 0 amide bonds. The maximum absolute atomic E-state index is 10.8. The summed E-state index contributed by atoms with van der Waals surface area (Å²) in [6.45, 7) is 0. The molecule has 0 bridgehead atoms. The lowest BCUT2D eigenvalue weighted by Crippen LogP contribution is -2.05. The van der Waals surface area contributed by atoms with E-state index < -0.39 is 0 Å². The van der Waals surface area contributed by atoms with Gasteiger partial charge < -0.3 is 0 Å². The standard InChI is InChI=1S/C17H14BBrN6OS/c18-9-12-3-5-24(21-12)15-7-11(14-1-2-17(23-26)27-14)8-16(20-15)25-6-4-13(10-19)22-25/h1-8H,9-10,18H2. The molecule has 0 radical (unpaired) electrons. The van der Waals surface area contributed by atoms with E-state index in [1.807, 2.05) is 42.7 Å². The molecule has 4 heterocycles. The van der Waals surface area contributed by atoms with Crippen molar-refractivity contribution in [1.82, 2.24) is 24.5 Å². The van der Waals surface area contributed by atoms with Gasteiger partial charge in [0.1, 0.15) is 7.85 Å². The third-order valence-electron chi connectivity index (χ3n) is 4.02. The van der Waals surface area contributed by atoms with Crippen LogP contribution in [0.15, 0.2) is 54.0 Å². The van der Waals surface area contributed by atoms with Crippen LogP contribution in [0.1, 0.15) is 11.4 Å². The summed E-state index contributed by atoms with van der Waals surface area (Å²) in [5.74, 6) is 1.37. The molecule has 4 aromatic heterocycles. The second-order valence-electron chi connectivity index (χ2n) is 5.79. The fourth-order valence-corrected chi connectivity index (χ4v) is 3.72. The molecular weight excluding hydrogens is 427 g/mol. The Kier molecular flexibility index (Phi) is 5.00. The third-order valence-corrected chi connectivity index (χ3v) is 5.61. The van der Waals surface area contributed by atoms with Gasteiger partial charge in [-0.2, -0.15) is 10.2 Å². The number of nitrogens with zero attached hydrogens (tertiary/aromatic N) is 6. The molecule has 0 fully saturated rings. The minimum atomic E-state index is 0.443. The number of pyridine rings is 1. The van der Waals surface area contributed by atoms with Crippen LogP contribution in [0, 0.1) is 4.91 Å². The quantitative estimate of drug-likeness (QED) is 0.260. The fourth-order valence-electron chi connectivity index (χ4n) is 2.65. The van der Waals surface area contributed by atoms with E-state index in [0.29, 0.717) is 22.0 Å². The van der Waals surface area contributed by atoms with Crippen LogP contribution < -0.4 is 0 Å². The SMILES string of the molecule is BCc1ccn(-c2cc(-c3ccc(N=O)s3)cc(-n3ccc(CBr)n3)n2)n1. The van der Waals surface area contributed by atoms with Crippen molar-refractivity contribution in [1.29, 1.82) is 0 Å². The van der Waals surface area contributed by atoms with Gasteiger partial charge >= 0.3 is 0 Å². The van der Waals surface area contributed by atoms with E-state index in [1.54, 1.807) is 15.4 Å². The first-order valence-electron chi connectivity index (χ1n) is 8.31. The first kappa shape index (κ1) is 17.8. The van der Waals surface area contributed by atoms with Gasteiger partial charge in [0.25, 0.3) is 0 Å². The summed E-state index contributed by atoms with van der Waals surface area (Å²) >= 11 is 4.76. The van der Waals surface area contributed by atoms with Crippen LogP contribution in [0.2, 0.25) is 0 Å². The zero-order chi connectivity index (χ0) is 18.8. The maximum atomic E-state index is 10.8. The van der Waals surface area contributed by atoms with Gasteiger partial charge in [0.2, 0.25) is 0 Å². The minimum absolute atomic E-state index is 0.443. The highest BCUT2D eigenvalue weighted by Crippen LogP contribution is 2.34. The summed E-state index contributed by atoms with van der Waals surface area (Å²) in [7, 11) is 2.06. The van der Waals surface area contributed by atoms with Crippen molar-refractivity contribution < 1.29 is 0 Å². The van der Waals surface area contributed by atoms with Gasteiger partial charge in [0.05, 0.1) is 11.4 Å². The van der Waals surface area contributed by atoms with Crippen LogP contribution in [-0.2, 0) is 11.7 Å². The summed E-state index contributed by atoms with van der Waals surface area (Å²) in [6, 6.07) is 11.4. The molecule has 0 aliphatic rings. The zero-order valence-electron chi connectivity index (χ0n) is 14.4. The van der Waals surface area contributed by atoms with Crippen LogP contribution >= 0.6 is 27.3 Å². The molecule has 0 aliphatic carbocycles. The number of rotatable bonds is 6. The number of thiophene rings is 1. The molecule has 0 atom stereocenters. The highest BCUT2D eigenvalue weighted by molar-refractivity contribution is 9.08. The maximum Gasteiger partial charge on any atom is 0.161 e. The lowest BCUT2D eigenvalue weighted by molar-refractivity contribution is 0.790. The highest BCUT2D eigenvalue weighted by atomic mass is 79.9. The van der Waals surface area contributed by atoms with Crippen LogP contribution in [0.4, 0.5) is 5.00 Å².